The van der Waals surface area contributed by atoms with E-state index in [4.69, 9.17) is 9.47 Å². The van der Waals surface area contributed by atoms with Gasteiger partial charge in [0.1, 0.15) is 0 Å². The number of benzene rings is 1. The van der Waals surface area contributed by atoms with Gasteiger partial charge in [-0.25, -0.2) is 0 Å². The van der Waals surface area contributed by atoms with Crippen molar-refractivity contribution in [3.8, 4) is 11.5 Å². The number of hydrogen-bond donors (Lipinski definition) is 0. The molecule has 0 fully saturated rings. The maximum Gasteiger partial charge on any atom is 0.168 e. The minimum Gasteiger partial charge on any atom is -0.493 e. The Labute approximate surface area is 139 Å². The van der Waals surface area contributed by atoms with Gasteiger partial charge in [0.25, 0.3) is 0 Å². The van der Waals surface area contributed by atoms with Crippen LogP contribution in [-0.2, 0) is 20.4 Å². The van der Waals surface area contributed by atoms with Gasteiger partial charge in [-0.3, -0.25) is 0 Å². The molecular formula is C16H27O2PPd. The Bertz CT molecular complexity index is 419. The van der Waals surface area contributed by atoms with Gasteiger partial charge in [-0.2, -0.15) is 0 Å². The van der Waals surface area contributed by atoms with E-state index in [1.54, 1.807) is 14.2 Å². The second kappa shape index (κ2) is 7.26. The zero-order valence-corrected chi connectivity index (χ0v) is 16.3. The molecule has 0 heterocycles. The molecule has 0 aliphatic rings. The average Bonchev–Trinajstić information content (AvgIpc) is 2.24. The molecule has 0 unspecified atom stereocenters. The van der Waals surface area contributed by atoms with Crippen LogP contribution in [-0.4, -0.2) is 24.5 Å². The predicted molar refractivity (Wildman–Crippen MR) is 85.6 cm³/mol. The number of para-hydroxylation sites is 1. The van der Waals surface area contributed by atoms with Gasteiger partial charge >= 0.3 is 0 Å². The van der Waals surface area contributed by atoms with Gasteiger partial charge in [0.05, 0.1) is 14.2 Å². The van der Waals surface area contributed by atoms with Crippen molar-refractivity contribution in [2.45, 2.75) is 51.9 Å². The molecule has 2 nitrogen and oxygen atoms in total. The molecule has 0 N–H and O–H groups in total. The van der Waals surface area contributed by atoms with Crippen molar-refractivity contribution in [2.75, 3.05) is 14.2 Å². The summed E-state index contributed by atoms with van der Waals surface area (Å²) in [5.74, 6) is 1.71. The number of hydrogen-bond acceptors (Lipinski definition) is 2. The molecule has 0 spiro atoms. The van der Waals surface area contributed by atoms with Crippen LogP contribution in [0.5, 0.6) is 11.5 Å². The maximum absolute atomic E-state index is 5.63. The van der Waals surface area contributed by atoms with Gasteiger partial charge in [0.15, 0.2) is 11.5 Å². The third-order valence-corrected chi connectivity index (χ3v) is 6.48. The van der Waals surface area contributed by atoms with Crippen molar-refractivity contribution in [2.24, 2.45) is 0 Å². The SMILES string of the molecule is COc1cccc(P(C(C)(C)C)C(C)(C)C)c1OC.[Pd]. The molecule has 1 aromatic rings. The second-order valence-electron chi connectivity index (χ2n) is 6.69. The largest absolute Gasteiger partial charge is 0.493 e. The normalized spacial score (nSPS) is 12.1. The minimum absolute atomic E-state index is 0. The van der Waals surface area contributed by atoms with Gasteiger partial charge < -0.3 is 9.47 Å². The molecule has 1 aromatic carbocycles. The quantitative estimate of drug-likeness (QED) is 0.564. The van der Waals surface area contributed by atoms with Crippen LogP contribution in [0.15, 0.2) is 18.2 Å². The van der Waals surface area contributed by atoms with E-state index >= 15 is 0 Å². The smallest absolute Gasteiger partial charge is 0.168 e. The zero-order valence-electron chi connectivity index (χ0n) is 13.8. The summed E-state index contributed by atoms with van der Waals surface area (Å²) in [7, 11) is 3.02. The Balaban J connectivity index is 0.00000361. The maximum atomic E-state index is 5.63. The Hall–Kier alpha value is -0.0877. The molecule has 4 heteroatoms. The van der Waals surface area contributed by atoms with Crippen LogP contribution >= 0.6 is 7.92 Å². The first-order valence-corrected chi connectivity index (χ1v) is 7.98. The Kier molecular flexibility index (Phi) is 7.23. The zero-order chi connectivity index (χ0) is 14.8. The van der Waals surface area contributed by atoms with E-state index in [2.05, 4.69) is 53.7 Å². The number of ether oxygens (including phenoxy) is 2. The number of rotatable bonds is 3. The van der Waals surface area contributed by atoms with Gasteiger partial charge in [-0.05, 0) is 16.4 Å². The minimum atomic E-state index is -0.391. The first-order valence-electron chi connectivity index (χ1n) is 6.64. The molecule has 0 atom stereocenters. The molecular weight excluding hydrogens is 362 g/mol. The van der Waals surface area contributed by atoms with E-state index in [9.17, 15) is 0 Å². The van der Waals surface area contributed by atoms with Crippen LogP contribution in [0.2, 0.25) is 0 Å². The fraction of sp³-hybridized carbons (Fsp3) is 0.625. The Morgan fingerprint density at radius 1 is 0.850 bits per heavy atom. The standard InChI is InChI=1S/C16H27O2P.Pd/c1-15(2,3)19(16(4,5)6)13-11-9-10-12(17-7)14(13)18-8;/h9-11H,1-8H3;. The molecule has 0 bridgehead atoms. The van der Waals surface area contributed by atoms with Crippen molar-refractivity contribution < 1.29 is 29.9 Å². The van der Waals surface area contributed by atoms with Crippen molar-refractivity contribution in [3.05, 3.63) is 18.2 Å². The summed E-state index contributed by atoms with van der Waals surface area (Å²) >= 11 is 0. The van der Waals surface area contributed by atoms with Crippen LogP contribution in [0.25, 0.3) is 0 Å². The fourth-order valence-electron chi connectivity index (χ4n) is 2.78. The van der Waals surface area contributed by atoms with Gasteiger partial charge in [-0.15, -0.1) is 0 Å². The topological polar surface area (TPSA) is 18.5 Å². The van der Waals surface area contributed by atoms with Gasteiger partial charge in [0, 0.05) is 25.7 Å². The molecule has 0 aromatic heterocycles. The van der Waals surface area contributed by atoms with E-state index in [0.29, 0.717) is 0 Å². The van der Waals surface area contributed by atoms with Crippen molar-refractivity contribution >= 4 is 13.2 Å². The van der Waals surface area contributed by atoms with Crippen molar-refractivity contribution in [3.63, 3.8) is 0 Å². The third-order valence-electron chi connectivity index (χ3n) is 2.96. The molecule has 0 saturated heterocycles. The van der Waals surface area contributed by atoms with Crippen LogP contribution in [0.4, 0.5) is 0 Å². The summed E-state index contributed by atoms with van der Waals surface area (Å²) in [5, 5.41) is 1.72. The van der Waals surface area contributed by atoms with E-state index in [1.165, 1.54) is 5.30 Å². The number of methoxy groups -OCH3 is 2. The fourth-order valence-corrected chi connectivity index (χ4v) is 6.87. The molecule has 20 heavy (non-hydrogen) atoms. The van der Waals surface area contributed by atoms with Gasteiger partial charge in [-0.1, -0.05) is 61.6 Å². The van der Waals surface area contributed by atoms with Crippen LogP contribution in [0, 0.1) is 0 Å². The van der Waals surface area contributed by atoms with E-state index in [-0.39, 0.29) is 30.7 Å². The van der Waals surface area contributed by atoms with E-state index in [0.717, 1.165) is 11.5 Å². The third kappa shape index (κ3) is 4.45. The molecule has 0 aliphatic carbocycles. The van der Waals surface area contributed by atoms with Gasteiger partial charge in [0.2, 0.25) is 0 Å². The van der Waals surface area contributed by atoms with Crippen LogP contribution in [0.1, 0.15) is 41.5 Å². The summed E-state index contributed by atoms with van der Waals surface area (Å²) < 4.78 is 11.1. The second-order valence-corrected chi connectivity index (χ2v) is 10.5. The summed E-state index contributed by atoms with van der Waals surface area (Å²) in [6, 6.07) is 6.20. The van der Waals surface area contributed by atoms with Crippen molar-refractivity contribution in [1.82, 2.24) is 0 Å². The Morgan fingerprint density at radius 2 is 1.35 bits per heavy atom. The molecule has 0 amide bonds. The van der Waals surface area contributed by atoms with Crippen LogP contribution in [0.3, 0.4) is 0 Å². The van der Waals surface area contributed by atoms with E-state index in [1.807, 2.05) is 6.07 Å². The monoisotopic (exact) mass is 388 g/mol. The first kappa shape index (κ1) is 19.9. The van der Waals surface area contributed by atoms with Crippen molar-refractivity contribution in [1.29, 1.82) is 0 Å². The average molecular weight is 389 g/mol. The summed E-state index contributed by atoms with van der Waals surface area (Å²) in [5.41, 5.74) is 0. The molecule has 118 valence electrons. The van der Waals surface area contributed by atoms with E-state index < -0.39 is 7.92 Å². The Morgan fingerprint density at radius 3 is 1.70 bits per heavy atom. The molecule has 0 saturated carbocycles. The molecule has 0 aliphatic heterocycles. The summed E-state index contributed by atoms with van der Waals surface area (Å²) in [6.45, 7) is 13.9. The molecule has 1 rings (SSSR count). The summed E-state index contributed by atoms with van der Waals surface area (Å²) in [4.78, 5) is 0. The molecule has 0 radical (unpaired) electrons. The summed E-state index contributed by atoms with van der Waals surface area (Å²) in [6.07, 6.45) is 0. The van der Waals surface area contributed by atoms with Crippen LogP contribution < -0.4 is 14.8 Å². The predicted octanol–water partition coefficient (Wildman–Crippen LogP) is 4.41. The first-order chi connectivity index (χ1) is 8.62.